The molecule has 0 amide bonds. The monoisotopic (exact) mass is 96.0 g/mol. The first-order valence-corrected chi connectivity index (χ1v) is 2.60. The van der Waals surface area contributed by atoms with E-state index < -0.39 is 0 Å². The Balaban J connectivity index is 0.000000250. The molecule has 0 saturated carbocycles. The molecular formula is C3H5LiOS. The molecule has 1 heterocycles. The Morgan fingerprint density at radius 2 is 2.50 bits per heavy atom. The number of hydrogen-bond acceptors (Lipinski definition) is 2. The average molecular weight is 96.1 g/mol. The van der Waals surface area contributed by atoms with E-state index in [9.17, 15) is 0 Å². The Hall–Kier alpha value is 0.907. The quantitative estimate of drug-likeness (QED) is 0.252. The summed E-state index contributed by atoms with van der Waals surface area (Å²) in [5.74, 6) is 2.92. The van der Waals surface area contributed by atoms with Crippen LogP contribution in [0, 0.1) is 5.94 Å². The fraction of sp³-hybridized carbons (Fsp3) is 0.667. The third-order valence-electron chi connectivity index (χ3n) is 0.455. The Labute approximate surface area is 54.0 Å². The first-order chi connectivity index (χ1) is 2.50. The molecule has 0 unspecified atom stereocenters. The zero-order valence-corrected chi connectivity index (χ0v) is 4.62. The molecule has 1 aliphatic heterocycles. The molecule has 1 aliphatic rings. The van der Waals surface area contributed by atoms with Crippen molar-refractivity contribution in [2.75, 3.05) is 12.4 Å². The number of rotatable bonds is 0. The van der Waals surface area contributed by atoms with Crippen LogP contribution in [-0.4, -0.2) is 12.4 Å². The van der Waals surface area contributed by atoms with E-state index in [1.54, 1.807) is 17.7 Å². The zero-order valence-electron chi connectivity index (χ0n) is 3.81. The summed E-state index contributed by atoms with van der Waals surface area (Å²) in [7, 11) is 0. The van der Waals surface area contributed by atoms with Gasteiger partial charge in [0, 0.05) is 6.61 Å². The van der Waals surface area contributed by atoms with Gasteiger partial charge in [0.15, 0.2) is 0 Å². The topological polar surface area (TPSA) is 9.23 Å². The van der Waals surface area contributed by atoms with Crippen molar-refractivity contribution in [2.45, 2.75) is 0 Å². The van der Waals surface area contributed by atoms with Gasteiger partial charge in [-0.1, -0.05) is 0 Å². The van der Waals surface area contributed by atoms with Crippen molar-refractivity contribution in [2.24, 2.45) is 0 Å². The van der Waals surface area contributed by atoms with Crippen molar-refractivity contribution < 1.29 is 23.6 Å². The molecule has 30 valence electrons. The van der Waals surface area contributed by atoms with Gasteiger partial charge in [-0.25, -0.2) is 0 Å². The SMILES string of the molecule is [CH-]1OCCS1.[Li+]. The van der Waals surface area contributed by atoms with Crippen LogP contribution in [0.2, 0.25) is 0 Å². The van der Waals surface area contributed by atoms with Crippen LogP contribution in [0.3, 0.4) is 0 Å². The molecule has 0 aliphatic carbocycles. The molecule has 3 heteroatoms. The second kappa shape index (κ2) is 4.08. The molecule has 6 heavy (non-hydrogen) atoms. The molecule has 0 N–H and O–H groups in total. The van der Waals surface area contributed by atoms with E-state index in [0.717, 1.165) is 12.4 Å². The summed E-state index contributed by atoms with van der Waals surface area (Å²) in [6, 6.07) is 0. The van der Waals surface area contributed by atoms with Gasteiger partial charge >= 0.3 is 18.9 Å². The average Bonchev–Trinajstić information content (AvgIpc) is 1.76. The van der Waals surface area contributed by atoms with Crippen LogP contribution in [0.25, 0.3) is 0 Å². The molecule has 1 nitrogen and oxygen atoms in total. The molecule has 0 radical (unpaired) electrons. The van der Waals surface area contributed by atoms with Crippen LogP contribution < -0.4 is 18.9 Å². The van der Waals surface area contributed by atoms with Gasteiger partial charge in [-0.05, 0) is 5.75 Å². The Bertz CT molecular complexity index is 22.4. The third-order valence-corrected chi connectivity index (χ3v) is 1.13. The van der Waals surface area contributed by atoms with Crippen molar-refractivity contribution in [1.82, 2.24) is 0 Å². The maximum atomic E-state index is 4.78. The van der Waals surface area contributed by atoms with E-state index in [1.165, 1.54) is 0 Å². The second-order valence-corrected chi connectivity index (χ2v) is 1.77. The first-order valence-electron chi connectivity index (χ1n) is 1.55. The molecule has 0 aromatic carbocycles. The van der Waals surface area contributed by atoms with Gasteiger partial charge in [0.25, 0.3) is 0 Å². The van der Waals surface area contributed by atoms with Gasteiger partial charge in [-0.2, -0.15) is 5.94 Å². The van der Waals surface area contributed by atoms with Crippen molar-refractivity contribution >= 4 is 11.8 Å². The smallest absolute Gasteiger partial charge is 0.541 e. The van der Waals surface area contributed by atoms with Crippen LogP contribution in [0.1, 0.15) is 0 Å². The zero-order chi connectivity index (χ0) is 3.54. The molecular weight excluding hydrogens is 91.0 g/mol. The summed E-state index contributed by atoms with van der Waals surface area (Å²) < 4.78 is 4.78. The second-order valence-electron chi connectivity index (χ2n) is 0.838. The van der Waals surface area contributed by atoms with Gasteiger partial charge in [0.05, 0.1) is 0 Å². The Morgan fingerprint density at radius 1 is 1.67 bits per heavy atom. The van der Waals surface area contributed by atoms with E-state index in [1.807, 2.05) is 0 Å². The molecule has 0 atom stereocenters. The molecule has 1 saturated heterocycles. The summed E-state index contributed by atoms with van der Waals surface area (Å²) in [5, 5.41) is 0. The molecule has 1 fully saturated rings. The molecule has 1 rings (SSSR count). The van der Waals surface area contributed by atoms with E-state index in [2.05, 4.69) is 0 Å². The van der Waals surface area contributed by atoms with Gasteiger partial charge in [0.1, 0.15) is 0 Å². The molecule has 0 spiro atoms. The van der Waals surface area contributed by atoms with Crippen molar-refractivity contribution in [3.63, 3.8) is 0 Å². The molecule has 0 bridgehead atoms. The predicted octanol–water partition coefficient (Wildman–Crippen LogP) is -2.13. The fourth-order valence-electron chi connectivity index (χ4n) is 0.241. The summed E-state index contributed by atoms with van der Waals surface area (Å²) in [6.07, 6.45) is 0. The number of thioether (sulfide) groups is 1. The van der Waals surface area contributed by atoms with Crippen molar-refractivity contribution in [3.05, 3.63) is 5.94 Å². The number of ether oxygens (including phenoxy) is 1. The van der Waals surface area contributed by atoms with Crippen molar-refractivity contribution in [1.29, 1.82) is 0 Å². The minimum Gasteiger partial charge on any atom is -0.541 e. The standard InChI is InChI=1S/C3H5OS.Li/c1-2-5-3-4-1;/h3H,1-2H2;/q-1;+1. The minimum atomic E-state index is 0. The summed E-state index contributed by atoms with van der Waals surface area (Å²) in [6.45, 7) is 0.907. The summed E-state index contributed by atoms with van der Waals surface area (Å²) >= 11 is 1.73. The normalized spacial score (nSPS) is 20.0. The summed E-state index contributed by atoms with van der Waals surface area (Å²) in [4.78, 5) is 0. The van der Waals surface area contributed by atoms with Crippen LogP contribution in [-0.2, 0) is 4.74 Å². The Morgan fingerprint density at radius 3 is 2.67 bits per heavy atom. The predicted molar refractivity (Wildman–Crippen MR) is 22.7 cm³/mol. The van der Waals surface area contributed by atoms with Gasteiger partial charge in [-0.3, -0.25) is 0 Å². The molecule has 0 aromatic heterocycles. The van der Waals surface area contributed by atoms with Crippen LogP contribution in [0.4, 0.5) is 0 Å². The van der Waals surface area contributed by atoms with E-state index in [4.69, 9.17) is 4.74 Å². The van der Waals surface area contributed by atoms with E-state index in [-0.39, 0.29) is 18.9 Å². The van der Waals surface area contributed by atoms with E-state index >= 15 is 0 Å². The maximum absolute atomic E-state index is 4.78. The number of hydrogen-bond donors (Lipinski definition) is 0. The largest absolute Gasteiger partial charge is 1.00 e. The van der Waals surface area contributed by atoms with Crippen LogP contribution >= 0.6 is 11.8 Å². The van der Waals surface area contributed by atoms with Gasteiger partial charge in [-0.15, -0.1) is 0 Å². The summed E-state index contributed by atoms with van der Waals surface area (Å²) in [5.41, 5.74) is 0. The van der Waals surface area contributed by atoms with E-state index in [0.29, 0.717) is 0 Å². The van der Waals surface area contributed by atoms with Gasteiger partial charge in [0.2, 0.25) is 0 Å². The van der Waals surface area contributed by atoms with Crippen LogP contribution in [0.5, 0.6) is 0 Å². The first kappa shape index (κ1) is 6.91. The molecule has 0 aromatic rings. The van der Waals surface area contributed by atoms with Gasteiger partial charge < -0.3 is 16.5 Å². The minimum absolute atomic E-state index is 0. The Kier molecular flexibility index (Phi) is 4.69. The van der Waals surface area contributed by atoms with Crippen LogP contribution in [0.15, 0.2) is 0 Å². The fourth-order valence-corrected chi connectivity index (χ4v) is 0.722. The maximum Gasteiger partial charge on any atom is 1.00 e. The third kappa shape index (κ3) is 2.15. The van der Waals surface area contributed by atoms with Crippen molar-refractivity contribution in [3.8, 4) is 0 Å².